The molecule has 3 aliphatic rings. The van der Waals surface area contributed by atoms with E-state index in [0.717, 1.165) is 127 Å². The Hall–Kier alpha value is -3.66. The fourth-order valence-electron chi connectivity index (χ4n) is 6.34. The van der Waals surface area contributed by atoms with Crippen molar-refractivity contribution < 1.29 is 42.6 Å². The van der Waals surface area contributed by atoms with Crippen LogP contribution >= 0.6 is 0 Å². The Morgan fingerprint density at radius 3 is 0.843 bits per heavy atom. The van der Waals surface area contributed by atoms with Crippen molar-refractivity contribution in [2.24, 2.45) is 0 Å². The van der Waals surface area contributed by atoms with Gasteiger partial charge in [0.2, 0.25) is 0 Å². The second kappa shape index (κ2) is 17.2. The normalized spacial score (nSPS) is 19.0. The molecule has 0 N–H and O–H groups in total. The maximum atomic E-state index is 6.47. The molecule has 9 heteroatoms. The van der Waals surface area contributed by atoms with Crippen molar-refractivity contribution in [2.45, 2.75) is 96.9 Å². The molecule has 9 nitrogen and oxygen atoms in total. The predicted octanol–water partition coefficient (Wildman–Crippen LogP) is 9.19. The van der Waals surface area contributed by atoms with Gasteiger partial charge in [-0.1, -0.05) is 59.3 Å². The fourth-order valence-corrected chi connectivity index (χ4v) is 6.34. The van der Waals surface area contributed by atoms with Crippen LogP contribution in [0, 0.1) is 0 Å². The Morgan fingerprint density at radius 1 is 0.392 bits per heavy atom. The zero-order chi connectivity index (χ0) is 35.0. The Bertz CT molecular complexity index is 1760. The van der Waals surface area contributed by atoms with E-state index in [1.165, 1.54) is 0 Å². The van der Waals surface area contributed by atoms with Crippen LogP contribution in [0.3, 0.4) is 0 Å². The van der Waals surface area contributed by atoms with Crippen LogP contribution < -0.4 is 28.4 Å². The molecule has 276 valence electrons. The lowest BCUT2D eigenvalue weighted by Gasteiger charge is -2.20. The first kappa shape index (κ1) is 35.7. The first-order chi connectivity index (χ1) is 25.1. The molecule has 3 heterocycles. The minimum atomic E-state index is 0.116. The van der Waals surface area contributed by atoms with E-state index < -0.39 is 0 Å². The van der Waals surface area contributed by atoms with E-state index in [4.69, 9.17) is 42.6 Å². The molecule has 4 aromatic rings. The molecule has 3 atom stereocenters. The summed E-state index contributed by atoms with van der Waals surface area (Å²) < 4.78 is 55.1. The zero-order valence-corrected chi connectivity index (χ0v) is 30.6. The topological polar surface area (TPSA) is 93.0 Å². The van der Waals surface area contributed by atoms with Crippen molar-refractivity contribution in [1.29, 1.82) is 0 Å². The van der Waals surface area contributed by atoms with Crippen LogP contribution in [0.25, 0.3) is 32.3 Å². The van der Waals surface area contributed by atoms with Crippen molar-refractivity contribution in [2.75, 3.05) is 59.5 Å². The van der Waals surface area contributed by atoms with Crippen LogP contribution in [-0.2, 0) is 14.2 Å². The maximum absolute atomic E-state index is 6.47. The number of rotatable bonds is 24. The van der Waals surface area contributed by atoms with Crippen molar-refractivity contribution in [3.63, 3.8) is 0 Å². The highest BCUT2D eigenvalue weighted by atomic mass is 16.6. The molecule has 3 fully saturated rings. The Balaban J connectivity index is 1.40. The fraction of sp³-hybridized carbons (Fsp3) is 0.571. The summed E-state index contributed by atoms with van der Waals surface area (Å²) in [5.41, 5.74) is 0. The number of fused-ring (bicyclic) bond motifs is 6. The first-order valence-corrected chi connectivity index (χ1v) is 19.3. The summed E-state index contributed by atoms with van der Waals surface area (Å²) in [6.07, 6.45) is 9.99. The van der Waals surface area contributed by atoms with Crippen LogP contribution in [-0.4, -0.2) is 77.8 Å². The lowest BCUT2D eigenvalue weighted by atomic mass is 9.93. The van der Waals surface area contributed by atoms with Crippen molar-refractivity contribution >= 4 is 32.3 Å². The third-order valence-corrected chi connectivity index (χ3v) is 9.62. The molecule has 7 rings (SSSR count). The van der Waals surface area contributed by atoms with Crippen LogP contribution in [0.5, 0.6) is 34.5 Å². The number of epoxide rings is 3. The lowest BCUT2D eigenvalue weighted by molar-refractivity contribution is 0.239. The molecule has 3 saturated heterocycles. The molecule has 0 radical (unpaired) electrons. The Kier molecular flexibility index (Phi) is 12.1. The molecule has 51 heavy (non-hydrogen) atoms. The van der Waals surface area contributed by atoms with Gasteiger partial charge in [-0.25, -0.2) is 0 Å². The predicted molar refractivity (Wildman–Crippen MR) is 200 cm³/mol. The molecule has 0 spiro atoms. The highest BCUT2D eigenvalue weighted by molar-refractivity contribution is 6.26. The summed E-state index contributed by atoms with van der Waals surface area (Å²) in [5.74, 6) is 4.33. The van der Waals surface area contributed by atoms with Gasteiger partial charge < -0.3 is 42.6 Å². The van der Waals surface area contributed by atoms with Crippen LogP contribution in [0.2, 0.25) is 0 Å². The highest BCUT2D eigenvalue weighted by Gasteiger charge is 2.27. The number of hydrogen-bond acceptors (Lipinski definition) is 9. The van der Waals surface area contributed by atoms with Gasteiger partial charge in [-0.3, -0.25) is 0 Å². The van der Waals surface area contributed by atoms with Crippen molar-refractivity contribution in [3.8, 4) is 34.5 Å². The van der Waals surface area contributed by atoms with Crippen LogP contribution in [0.15, 0.2) is 36.4 Å². The number of unbranched alkanes of at least 4 members (excludes halogenated alkanes) is 6. The van der Waals surface area contributed by atoms with Gasteiger partial charge in [0.25, 0.3) is 0 Å². The molecule has 0 saturated carbocycles. The third-order valence-electron chi connectivity index (χ3n) is 9.62. The van der Waals surface area contributed by atoms with Gasteiger partial charge in [0, 0.05) is 0 Å². The molecule has 3 unspecified atom stereocenters. The summed E-state index contributed by atoms with van der Waals surface area (Å²) in [6.45, 7) is 12.1. The minimum Gasteiger partial charge on any atom is -0.490 e. The smallest absolute Gasteiger partial charge is 0.161 e. The van der Waals surface area contributed by atoms with Gasteiger partial charge in [0.15, 0.2) is 34.5 Å². The summed E-state index contributed by atoms with van der Waals surface area (Å²) >= 11 is 0. The molecule has 0 aliphatic carbocycles. The van der Waals surface area contributed by atoms with E-state index in [1.807, 2.05) is 0 Å². The second-order valence-electron chi connectivity index (χ2n) is 14.0. The number of hydrogen-bond donors (Lipinski definition) is 0. The van der Waals surface area contributed by atoms with E-state index >= 15 is 0 Å². The summed E-state index contributed by atoms with van der Waals surface area (Å²) in [4.78, 5) is 0. The molecule has 3 aliphatic heterocycles. The van der Waals surface area contributed by atoms with E-state index in [2.05, 4.69) is 57.2 Å². The highest BCUT2D eigenvalue weighted by Crippen LogP contribution is 2.47. The van der Waals surface area contributed by atoms with E-state index in [-0.39, 0.29) is 18.3 Å². The van der Waals surface area contributed by atoms with E-state index in [0.29, 0.717) is 56.9 Å². The summed E-state index contributed by atoms with van der Waals surface area (Å²) in [6, 6.07) is 12.8. The van der Waals surface area contributed by atoms with Crippen molar-refractivity contribution in [3.05, 3.63) is 36.4 Å². The SMILES string of the molecule is CCCCCOc1cc2c3cc(OCCCCC)c(OCC4CO4)cc3c3cc(OCC4CO4)c(OCCCCC)cc3c2cc1OCC1CO1. The molecule has 4 aromatic carbocycles. The molecular formula is C42H54O9. The third kappa shape index (κ3) is 9.42. The van der Waals surface area contributed by atoms with Gasteiger partial charge in [-0.2, -0.15) is 0 Å². The van der Waals surface area contributed by atoms with Gasteiger partial charge in [-0.15, -0.1) is 0 Å². The van der Waals surface area contributed by atoms with E-state index in [1.54, 1.807) is 0 Å². The first-order valence-electron chi connectivity index (χ1n) is 19.3. The van der Waals surface area contributed by atoms with Crippen LogP contribution in [0.1, 0.15) is 78.6 Å². The average molecular weight is 703 g/mol. The quantitative estimate of drug-likeness (QED) is 0.0403. The minimum absolute atomic E-state index is 0.116. The van der Waals surface area contributed by atoms with Gasteiger partial charge in [0.1, 0.15) is 38.1 Å². The largest absolute Gasteiger partial charge is 0.490 e. The van der Waals surface area contributed by atoms with Gasteiger partial charge in [0.05, 0.1) is 39.6 Å². The maximum Gasteiger partial charge on any atom is 0.161 e. The molecular weight excluding hydrogens is 648 g/mol. The average Bonchev–Trinajstić information content (AvgIpc) is 3.99. The summed E-state index contributed by atoms with van der Waals surface area (Å²) in [7, 11) is 0. The van der Waals surface area contributed by atoms with E-state index in [9.17, 15) is 0 Å². The van der Waals surface area contributed by atoms with Crippen molar-refractivity contribution in [1.82, 2.24) is 0 Å². The number of benzene rings is 4. The summed E-state index contributed by atoms with van der Waals surface area (Å²) in [5, 5.41) is 6.23. The van der Waals surface area contributed by atoms with Gasteiger partial charge in [-0.05, 0) is 88.0 Å². The zero-order valence-electron chi connectivity index (χ0n) is 30.6. The standard InChI is InChI=1S/C42H54O9/c1-4-7-10-13-43-37-16-31-32-17-38(44-14-11-8-5-2)41(50-26-29-23-47-29)20-35(32)36-21-42(51-27-30-24-48-30)39(45-15-12-9-6-3)18-33(36)34(31)19-40(37)49-25-28-22-46-28/h16-21,28-30H,4-15,22-27H2,1-3H3. The van der Waals surface area contributed by atoms with Gasteiger partial charge >= 0.3 is 0 Å². The number of ether oxygens (including phenoxy) is 9. The second-order valence-corrected chi connectivity index (χ2v) is 14.0. The monoisotopic (exact) mass is 702 g/mol. The Labute approximate surface area is 301 Å². The molecule has 0 bridgehead atoms. The van der Waals surface area contributed by atoms with Crippen LogP contribution in [0.4, 0.5) is 0 Å². The lowest BCUT2D eigenvalue weighted by Crippen LogP contribution is -2.08. The Morgan fingerprint density at radius 2 is 0.627 bits per heavy atom. The molecule has 0 amide bonds. The molecule has 0 aromatic heterocycles.